The molecule has 2 aliphatic rings. The molecule has 0 bridgehead atoms. The molecule has 0 aromatic heterocycles. The Morgan fingerprint density at radius 1 is 1.28 bits per heavy atom. The van der Waals surface area contributed by atoms with Gasteiger partial charge in [0.25, 0.3) is 0 Å². The summed E-state index contributed by atoms with van der Waals surface area (Å²) in [4.78, 5) is 18.6. The number of sulfone groups is 1. The van der Waals surface area contributed by atoms with E-state index in [1.807, 2.05) is 43.9 Å². The Morgan fingerprint density at radius 3 is 2.60 bits per heavy atom. The van der Waals surface area contributed by atoms with E-state index in [9.17, 15) is 13.2 Å². The van der Waals surface area contributed by atoms with Crippen molar-refractivity contribution in [2.24, 2.45) is 4.99 Å². The lowest BCUT2D eigenvalue weighted by atomic mass is 10.1. The molecule has 7 heteroatoms. The summed E-state index contributed by atoms with van der Waals surface area (Å²) in [6, 6.07) is 5.87. The molecule has 2 saturated heterocycles. The van der Waals surface area contributed by atoms with E-state index in [-0.39, 0.29) is 28.7 Å². The maximum absolute atomic E-state index is 12.2. The number of nitrogens with zero attached hydrogens (tertiary/aromatic N) is 2. The topological polar surface area (TPSA) is 66.8 Å². The third-order valence-corrected chi connectivity index (χ3v) is 7.92. The van der Waals surface area contributed by atoms with Crippen molar-refractivity contribution in [2.75, 3.05) is 16.4 Å². The number of amides is 1. The maximum Gasteiger partial charge on any atom is 0.248 e. The molecule has 25 heavy (non-hydrogen) atoms. The second-order valence-corrected chi connectivity index (χ2v) is 10.2. The van der Waals surface area contributed by atoms with E-state index in [1.165, 1.54) is 11.8 Å². The van der Waals surface area contributed by atoms with Crippen LogP contribution in [0.4, 0.5) is 5.69 Å². The van der Waals surface area contributed by atoms with E-state index < -0.39 is 9.84 Å². The summed E-state index contributed by atoms with van der Waals surface area (Å²) in [7, 11) is -3.04. The summed E-state index contributed by atoms with van der Waals surface area (Å²) in [6.07, 6.45) is 2.22. The Kier molecular flexibility index (Phi) is 5.25. The second kappa shape index (κ2) is 7.11. The van der Waals surface area contributed by atoms with Gasteiger partial charge in [-0.1, -0.05) is 43.3 Å². The number of fused-ring (bicyclic) bond motifs is 1. The van der Waals surface area contributed by atoms with Crippen LogP contribution in [-0.2, 0) is 14.6 Å². The van der Waals surface area contributed by atoms with E-state index in [2.05, 4.69) is 4.99 Å². The Labute approximate surface area is 153 Å². The van der Waals surface area contributed by atoms with E-state index >= 15 is 0 Å². The normalized spacial score (nSPS) is 26.2. The summed E-state index contributed by atoms with van der Waals surface area (Å²) in [5, 5.41) is 0.602. The minimum atomic E-state index is -3.04. The molecule has 1 aromatic rings. The molecule has 0 unspecified atom stereocenters. The van der Waals surface area contributed by atoms with Crippen LogP contribution < -0.4 is 4.90 Å². The number of amidine groups is 1. The van der Waals surface area contributed by atoms with Crippen LogP contribution in [0.5, 0.6) is 0 Å². The molecule has 136 valence electrons. The fourth-order valence-corrected chi connectivity index (χ4v) is 7.42. The molecule has 1 amide bonds. The molecular formula is C18H24N2O3S2. The zero-order chi connectivity index (χ0) is 18.2. The Hall–Kier alpha value is -1.34. The largest absolute Gasteiger partial charge is 0.315 e. The lowest BCUT2D eigenvalue weighted by Crippen LogP contribution is -2.38. The maximum atomic E-state index is 12.2. The summed E-state index contributed by atoms with van der Waals surface area (Å²) in [6.45, 7) is 6.07. The zero-order valence-corrected chi connectivity index (χ0v) is 16.5. The van der Waals surface area contributed by atoms with E-state index in [4.69, 9.17) is 0 Å². The van der Waals surface area contributed by atoms with Gasteiger partial charge < -0.3 is 4.90 Å². The van der Waals surface area contributed by atoms with E-state index in [1.54, 1.807) is 0 Å². The minimum absolute atomic E-state index is 0.0540. The number of rotatable bonds is 4. The molecule has 5 nitrogen and oxygen atoms in total. The van der Waals surface area contributed by atoms with E-state index in [0.29, 0.717) is 11.6 Å². The fourth-order valence-electron chi connectivity index (χ4n) is 3.50. The van der Waals surface area contributed by atoms with Crippen molar-refractivity contribution in [2.45, 2.75) is 51.3 Å². The predicted molar refractivity (Wildman–Crippen MR) is 104 cm³/mol. The monoisotopic (exact) mass is 380 g/mol. The Balaban J connectivity index is 2.01. The predicted octanol–water partition coefficient (Wildman–Crippen LogP) is 3.10. The third-order valence-electron chi connectivity index (χ3n) is 4.71. The van der Waals surface area contributed by atoms with Gasteiger partial charge in [0.2, 0.25) is 5.91 Å². The molecule has 2 atom stereocenters. The van der Waals surface area contributed by atoms with Crippen LogP contribution in [0, 0.1) is 13.8 Å². The van der Waals surface area contributed by atoms with Gasteiger partial charge in [0.05, 0.1) is 17.5 Å². The van der Waals surface area contributed by atoms with E-state index in [0.717, 1.165) is 29.7 Å². The van der Waals surface area contributed by atoms with Gasteiger partial charge in [0, 0.05) is 17.4 Å². The average molecular weight is 381 g/mol. The van der Waals surface area contributed by atoms with Gasteiger partial charge in [-0.05, 0) is 31.4 Å². The quantitative estimate of drug-likeness (QED) is 0.803. The first kappa shape index (κ1) is 18.5. The summed E-state index contributed by atoms with van der Waals surface area (Å²) in [5.74, 6) is 0.162. The van der Waals surface area contributed by atoms with Crippen LogP contribution in [0.1, 0.15) is 37.3 Å². The van der Waals surface area contributed by atoms with Crippen molar-refractivity contribution in [3.63, 3.8) is 0 Å². The molecule has 1 aromatic carbocycles. The van der Waals surface area contributed by atoms with Crippen molar-refractivity contribution in [1.82, 2.24) is 0 Å². The zero-order valence-electron chi connectivity index (χ0n) is 14.9. The van der Waals surface area contributed by atoms with Crippen LogP contribution >= 0.6 is 11.8 Å². The number of aliphatic imine (C=N–C) groups is 1. The van der Waals surface area contributed by atoms with Gasteiger partial charge in [-0.3, -0.25) is 4.79 Å². The van der Waals surface area contributed by atoms with Gasteiger partial charge in [0.1, 0.15) is 0 Å². The number of para-hydroxylation sites is 1. The number of carbonyl (C=O) groups excluding carboxylic acids is 1. The smallest absolute Gasteiger partial charge is 0.248 e. The number of carbonyl (C=O) groups is 1. The number of aryl methyl sites for hydroxylation is 2. The number of thioether (sulfide) groups is 1. The van der Waals surface area contributed by atoms with Crippen LogP contribution in [0.25, 0.3) is 0 Å². The molecule has 2 fully saturated rings. The number of hydrogen-bond donors (Lipinski definition) is 0. The lowest BCUT2D eigenvalue weighted by molar-refractivity contribution is -0.117. The number of unbranched alkanes of at least 4 members (excludes halogenated alkanes) is 1. The molecule has 2 aliphatic heterocycles. The Bertz CT molecular complexity index is 797. The first-order valence-corrected chi connectivity index (χ1v) is 11.4. The number of anilines is 1. The van der Waals surface area contributed by atoms with Crippen molar-refractivity contribution in [3.8, 4) is 0 Å². The van der Waals surface area contributed by atoms with Crippen molar-refractivity contribution >= 4 is 38.4 Å². The minimum Gasteiger partial charge on any atom is -0.315 e. The Morgan fingerprint density at radius 2 is 1.96 bits per heavy atom. The van der Waals surface area contributed by atoms with Crippen molar-refractivity contribution in [1.29, 1.82) is 0 Å². The fraction of sp³-hybridized carbons (Fsp3) is 0.556. The highest BCUT2D eigenvalue weighted by molar-refractivity contribution is 8.16. The SMILES string of the molecule is CCCCC(=O)N=C1S[C@H]2CS(=O)(=O)C[C@@H]2N1c1c(C)cccc1C. The highest BCUT2D eigenvalue weighted by Crippen LogP contribution is 2.43. The van der Waals surface area contributed by atoms with Crippen LogP contribution in [0.2, 0.25) is 0 Å². The van der Waals surface area contributed by atoms with Gasteiger partial charge in [-0.15, -0.1) is 0 Å². The number of benzene rings is 1. The molecule has 0 saturated carbocycles. The highest BCUT2D eigenvalue weighted by atomic mass is 32.2. The van der Waals surface area contributed by atoms with Crippen LogP contribution in [0.3, 0.4) is 0 Å². The summed E-state index contributed by atoms with van der Waals surface area (Å²) in [5.41, 5.74) is 3.13. The van der Waals surface area contributed by atoms with Gasteiger partial charge in [0.15, 0.2) is 15.0 Å². The molecule has 0 radical (unpaired) electrons. The molecule has 0 aliphatic carbocycles. The van der Waals surface area contributed by atoms with Crippen LogP contribution in [0.15, 0.2) is 23.2 Å². The standard InChI is InChI=1S/C18H24N2O3S2/c1-4-5-9-16(21)19-18-20(17-12(2)7-6-8-13(17)3)14-10-25(22,23)11-15(14)24-18/h6-8,14-15H,4-5,9-11H2,1-3H3/t14-,15-/m0/s1. The van der Waals surface area contributed by atoms with Gasteiger partial charge >= 0.3 is 0 Å². The van der Waals surface area contributed by atoms with Crippen molar-refractivity contribution < 1.29 is 13.2 Å². The van der Waals surface area contributed by atoms with Gasteiger partial charge in [-0.25, -0.2) is 8.42 Å². The average Bonchev–Trinajstić information content (AvgIpc) is 2.97. The second-order valence-electron chi connectivity index (χ2n) is 6.80. The lowest BCUT2D eigenvalue weighted by Gasteiger charge is -2.28. The molecular weight excluding hydrogens is 356 g/mol. The highest BCUT2D eigenvalue weighted by Gasteiger charge is 2.49. The molecule has 0 N–H and O–H groups in total. The molecule has 2 heterocycles. The molecule has 0 spiro atoms. The van der Waals surface area contributed by atoms with Gasteiger partial charge in [-0.2, -0.15) is 4.99 Å². The number of hydrogen-bond acceptors (Lipinski definition) is 4. The third kappa shape index (κ3) is 3.77. The first-order chi connectivity index (χ1) is 11.8. The van der Waals surface area contributed by atoms with Crippen LogP contribution in [-0.4, -0.2) is 42.3 Å². The van der Waals surface area contributed by atoms with Crippen molar-refractivity contribution in [3.05, 3.63) is 29.3 Å². The summed E-state index contributed by atoms with van der Waals surface area (Å²) >= 11 is 1.44. The molecule has 3 rings (SSSR count). The first-order valence-electron chi connectivity index (χ1n) is 8.66. The summed E-state index contributed by atoms with van der Waals surface area (Å²) < 4.78 is 24.2.